The van der Waals surface area contributed by atoms with Gasteiger partial charge in [-0.3, -0.25) is 0 Å². The highest BCUT2D eigenvalue weighted by Crippen LogP contribution is 2.33. The van der Waals surface area contributed by atoms with Crippen molar-refractivity contribution in [2.75, 3.05) is 19.8 Å². The van der Waals surface area contributed by atoms with Gasteiger partial charge >= 0.3 is 0 Å². The molecule has 1 atom stereocenters. The van der Waals surface area contributed by atoms with Gasteiger partial charge in [-0.05, 0) is 100 Å². The van der Waals surface area contributed by atoms with Gasteiger partial charge in [-0.15, -0.1) is 6.58 Å². The van der Waals surface area contributed by atoms with Gasteiger partial charge in [0.25, 0.3) is 0 Å². The number of halogens is 6. The SMILES string of the molecule is C=CC(CCCCOc1ccc(-c2ccc(C)c(F)c2F)c(F)c1)CCCCOc1ccc(-c2ccc(OCC)c(F)c2F)c(F)c1. The molecule has 0 aliphatic heterocycles. The Morgan fingerprint density at radius 3 is 1.57 bits per heavy atom. The average Bonchev–Trinajstić information content (AvgIpc) is 3.05. The van der Waals surface area contributed by atoms with E-state index in [1.807, 2.05) is 6.08 Å². The molecule has 0 aliphatic carbocycles. The molecule has 0 aromatic heterocycles. The van der Waals surface area contributed by atoms with Gasteiger partial charge in [0.2, 0.25) is 5.82 Å². The zero-order valence-corrected chi connectivity index (χ0v) is 26.5. The molecule has 3 nitrogen and oxygen atoms in total. The summed E-state index contributed by atoms with van der Waals surface area (Å²) in [5, 5.41) is 0. The summed E-state index contributed by atoms with van der Waals surface area (Å²) >= 11 is 0. The van der Waals surface area contributed by atoms with Crippen LogP contribution in [-0.4, -0.2) is 19.8 Å². The van der Waals surface area contributed by atoms with Crippen LogP contribution >= 0.6 is 0 Å². The van der Waals surface area contributed by atoms with Crippen molar-refractivity contribution in [1.29, 1.82) is 0 Å². The summed E-state index contributed by atoms with van der Waals surface area (Å²) in [6, 6.07) is 13.5. The molecule has 0 saturated carbocycles. The molecule has 0 aliphatic rings. The predicted octanol–water partition coefficient (Wildman–Crippen LogP) is 11.2. The van der Waals surface area contributed by atoms with Crippen LogP contribution in [0.4, 0.5) is 26.3 Å². The minimum Gasteiger partial charge on any atom is -0.493 e. The lowest BCUT2D eigenvalue weighted by Gasteiger charge is -2.14. The van der Waals surface area contributed by atoms with Crippen molar-refractivity contribution >= 4 is 0 Å². The second kappa shape index (κ2) is 17.0. The van der Waals surface area contributed by atoms with E-state index >= 15 is 0 Å². The van der Waals surface area contributed by atoms with Crippen molar-refractivity contribution in [1.82, 2.24) is 0 Å². The smallest absolute Gasteiger partial charge is 0.201 e. The topological polar surface area (TPSA) is 27.7 Å². The monoisotopic (exact) mass is 656 g/mol. The first-order valence-corrected chi connectivity index (χ1v) is 15.7. The predicted molar refractivity (Wildman–Crippen MR) is 172 cm³/mol. The van der Waals surface area contributed by atoms with Crippen molar-refractivity contribution in [2.45, 2.75) is 52.4 Å². The molecule has 0 fully saturated rings. The minimum absolute atomic E-state index is 0.0346. The van der Waals surface area contributed by atoms with E-state index in [1.54, 1.807) is 6.92 Å². The maximum absolute atomic E-state index is 14.8. The van der Waals surface area contributed by atoms with Crippen LogP contribution in [0.3, 0.4) is 0 Å². The lowest BCUT2D eigenvalue weighted by atomic mass is 9.96. The molecule has 4 aromatic carbocycles. The summed E-state index contributed by atoms with van der Waals surface area (Å²) in [4.78, 5) is 0. The van der Waals surface area contributed by atoms with Crippen LogP contribution in [0, 0.1) is 47.7 Å². The van der Waals surface area contributed by atoms with Crippen LogP contribution in [0.25, 0.3) is 22.3 Å². The van der Waals surface area contributed by atoms with E-state index < -0.39 is 34.9 Å². The number of ether oxygens (including phenoxy) is 3. The second-order valence-electron chi connectivity index (χ2n) is 11.2. The van der Waals surface area contributed by atoms with Crippen molar-refractivity contribution in [3.8, 4) is 39.5 Å². The Kier molecular flexibility index (Phi) is 12.8. The zero-order valence-electron chi connectivity index (χ0n) is 26.5. The Morgan fingerprint density at radius 1 is 0.596 bits per heavy atom. The molecule has 0 spiro atoms. The fourth-order valence-electron chi connectivity index (χ4n) is 5.25. The zero-order chi connectivity index (χ0) is 33.9. The van der Waals surface area contributed by atoms with Crippen LogP contribution in [0.5, 0.6) is 17.2 Å². The van der Waals surface area contributed by atoms with Gasteiger partial charge in [-0.25, -0.2) is 22.0 Å². The molecule has 0 amide bonds. The van der Waals surface area contributed by atoms with Crippen molar-refractivity contribution in [3.63, 3.8) is 0 Å². The van der Waals surface area contributed by atoms with Crippen LogP contribution < -0.4 is 14.2 Å². The van der Waals surface area contributed by atoms with Gasteiger partial charge in [-0.1, -0.05) is 18.2 Å². The second-order valence-corrected chi connectivity index (χ2v) is 11.2. The third-order valence-electron chi connectivity index (χ3n) is 7.89. The Hall–Kier alpha value is -4.40. The van der Waals surface area contributed by atoms with E-state index in [-0.39, 0.29) is 46.1 Å². The van der Waals surface area contributed by atoms with Gasteiger partial charge < -0.3 is 14.2 Å². The number of benzene rings is 4. The van der Waals surface area contributed by atoms with Crippen LogP contribution in [0.2, 0.25) is 0 Å². The Morgan fingerprint density at radius 2 is 1.09 bits per heavy atom. The van der Waals surface area contributed by atoms with Crippen LogP contribution in [0.1, 0.15) is 51.0 Å². The Balaban J connectivity index is 1.15. The summed E-state index contributed by atoms with van der Waals surface area (Å²) in [5.74, 6) is -5.16. The number of unbranched alkanes of at least 4 members (excludes halogenated alkanes) is 2. The summed E-state index contributed by atoms with van der Waals surface area (Å²) < 4.78 is 103. The van der Waals surface area contributed by atoms with Crippen molar-refractivity contribution in [2.24, 2.45) is 5.92 Å². The summed E-state index contributed by atoms with van der Waals surface area (Å²) in [7, 11) is 0. The van der Waals surface area contributed by atoms with Gasteiger partial charge in [0.1, 0.15) is 23.1 Å². The number of allylic oxidation sites excluding steroid dienone is 1. The number of hydrogen-bond donors (Lipinski definition) is 0. The molecule has 250 valence electrons. The van der Waals surface area contributed by atoms with Crippen LogP contribution in [-0.2, 0) is 0 Å². The standard InChI is InChI=1S/C38H38F6O3/c1-4-25(10-6-8-20-46-26-13-16-28(32(39)22-26)30-15-12-24(3)35(41)36(30)42)11-7-9-21-47-27-14-17-29(33(40)23-27)31-18-19-34(45-5-2)38(44)37(31)43/h4,12-19,22-23,25H,1,5-11,20-21H2,2-3H3. The lowest BCUT2D eigenvalue weighted by molar-refractivity contribution is 0.292. The maximum atomic E-state index is 14.8. The highest BCUT2D eigenvalue weighted by Gasteiger charge is 2.19. The van der Waals surface area contributed by atoms with Gasteiger partial charge in [0.05, 0.1) is 19.8 Å². The maximum Gasteiger partial charge on any atom is 0.201 e. The number of hydrogen-bond acceptors (Lipinski definition) is 3. The van der Waals surface area contributed by atoms with Crippen LogP contribution in [0.15, 0.2) is 73.3 Å². The molecule has 4 rings (SSSR count). The van der Waals surface area contributed by atoms with Gasteiger partial charge in [-0.2, -0.15) is 4.39 Å². The molecule has 0 saturated heterocycles. The molecule has 4 aromatic rings. The summed E-state index contributed by atoms with van der Waals surface area (Å²) in [5.41, 5.74) is -0.298. The third kappa shape index (κ3) is 9.11. The summed E-state index contributed by atoms with van der Waals surface area (Å²) in [6.45, 7) is 7.94. The Bertz CT molecular complexity index is 1670. The number of rotatable bonds is 17. The first-order chi connectivity index (χ1) is 22.6. The fraction of sp³-hybridized carbons (Fsp3) is 0.316. The molecule has 0 radical (unpaired) electrons. The van der Waals surface area contributed by atoms with Gasteiger partial charge in [0.15, 0.2) is 23.2 Å². The summed E-state index contributed by atoms with van der Waals surface area (Å²) in [6.07, 6.45) is 6.91. The van der Waals surface area contributed by atoms with E-state index in [9.17, 15) is 26.3 Å². The molecule has 47 heavy (non-hydrogen) atoms. The van der Waals surface area contributed by atoms with E-state index in [4.69, 9.17) is 14.2 Å². The average molecular weight is 657 g/mol. The Labute approximate surface area is 271 Å². The molecule has 0 heterocycles. The number of aryl methyl sites for hydroxylation is 1. The van der Waals surface area contributed by atoms with E-state index in [2.05, 4.69) is 6.58 Å². The normalized spacial score (nSPS) is 11.7. The minimum atomic E-state index is -1.18. The van der Waals surface area contributed by atoms with Crippen molar-refractivity contribution < 1.29 is 40.6 Å². The van der Waals surface area contributed by atoms with Crippen molar-refractivity contribution in [3.05, 3.63) is 114 Å². The molecular weight excluding hydrogens is 618 g/mol. The third-order valence-corrected chi connectivity index (χ3v) is 7.89. The molecular formula is C38H38F6O3. The first-order valence-electron chi connectivity index (χ1n) is 15.7. The highest BCUT2D eigenvalue weighted by molar-refractivity contribution is 5.67. The molecule has 1 unspecified atom stereocenters. The van der Waals surface area contributed by atoms with Gasteiger partial charge in [0, 0.05) is 34.4 Å². The van der Waals surface area contributed by atoms with E-state index in [0.717, 1.165) is 44.6 Å². The largest absolute Gasteiger partial charge is 0.493 e. The highest BCUT2D eigenvalue weighted by atomic mass is 19.2. The first kappa shape index (κ1) is 35.5. The quantitative estimate of drug-likeness (QED) is 0.0643. The van der Waals surface area contributed by atoms with E-state index in [0.29, 0.717) is 24.7 Å². The molecule has 9 heteroatoms. The van der Waals surface area contributed by atoms with E-state index in [1.165, 1.54) is 61.5 Å². The molecule has 0 bridgehead atoms. The lowest BCUT2D eigenvalue weighted by Crippen LogP contribution is -2.03. The molecule has 0 N–H and O–H groups in total. The fourth-order valence-corrected chi connectivity index (χ4v) is 5.25.